The van der Waals surface area contributed by atoms with E-state index in [1.807, 2.05) is 125 Å². The van der Waals surface area contributed by atoms with Crippen LogP contribution in [-0.2, 0) is 67.3 Å². The number of hydrogen-bond acceptors (Lipinski definition) is 20. The lowest BCUT2D eigenvalue weighted by Crippen LogP contribution is -2.50. The van der Waals surface area contributed by atoms with Gasteiger partial charge in [0, 0.05) is 113 Å². The van der Waals surface area contributed by atoms with E-state index in [4.69, 9.17) is 38.2 Å². The molecule has 4 aliphatic rings. The number of carbonyl (C=O) groups excluding carboxylic acids is 2. The van der Waals surface area contributed by atoms with E-state index >= 15 is 0 Å². The Bertz CT molecular complexity index is 4080. The second-order valence-electron chi connectivity index (χ2n) is 24.7. The fraction of sp³-hybridized carbons (Fsp3) is 0.540. The highest BCUT2D eigenvalue weighted by Crippen LogP contribution is 2.39. The molecule has 1 N–H and O–H groups in total. The molecule has 4 bridgehead atoms. The third-order valence-corrected chi connectivity index (χ3v) is 18.3. The number of ether oxygens (including phenoxy) is 5. The van der Waals surface area contributed by atoms with E-state index in [9.17, 15) is 45.4 Å². The van der Waals surface area contributed by atoms with Gasteiger partial charge in [0.2, 0.25) is 0 Å². The van der Waals surface area contributed by atoms with Crippen LogP contribution in [0, 0.1) is 60.7 Å². The van der Waals surface area contributed by atoms with Crippen LogP contribution in [0.4, 0.5) is 9.59 Å². The number of fused-ring (bicyclic) bond motifs is 7. The third kappa shape index (κ3) is 19.0. The van der Waals surface area contributed by atoms with Crippen LogP contribution in [0.5, 0.6) is 17.2 Å². The minimum absolute atomic E-state index is 0.0115. The van der Waals surface area contributed by atoms with Gasteiger partial charge in [-0.25, -0.2) is 9.59 Å². The molecule has 6 aromatic rings. The number of amides is 2. The van der Waals surface area contributed by atoms with Gasteiger partial charge in [-0.1, -0.05) is 0 Å². The number of rotatable bonds is 14. The fourth-order valence-corrected chi connectivity index (χ4v) is 14.1. The van der Waals surface area contributed by atoms with Crippen molar-refractivity contribution < 1.29 is 71.4 Å². The minimum atomic E-state index is -3.87. The standard InChI is InChI=1S/C23H30N4O3.C14H16N2O4S.C13H14N2O2.C11H19NO2.C2H6O5S2/c1-15-19-11-16(12-24)26(20(19)6-7-21(15)29-5)9-8-25-13-18-10-17(25)14-27(18)22(28)30-23(2,3)4;1-10-12-8-11(9-15)16(6-7-20-21(3,17)18)13(12)4-5-14(10)19-2;1-9-11-7-10(8-14)15(5-6-16)12(11)3-4-13(9)17-2;1-11(2,3)14-10(13)12-7-8-4-5-9(12)6-8;1-8(3,4)7-9(2,5)6/h6-7,11,17-18H,8-10,13-14H2,1-5H3;4-5,8H,6-7H2,1-3H3;3-4,7,16H,5-6H2,1-2H3;8-9H,4-7H2,1-3H3;1-2H3. The number of aromatic nitrogens is 3. The number of likely N-dealkylation sites (tertiary alicyclic amines) is 3. The largest absolute Gasteiger partial charge is 0.496 e. The molecule has 10 rings (SSSR count). The quantitative estimate of drug-likeness (QED) is 0.0999. The zero-order valence-electron chi connectivity index (χ0n) is 54.5. The Morgan fingerprint density at radius 2 is 0.945 bits per heavy atom. The summed E-state index contributed by atoms with van der Waals surface area (Å²) in [5.41, 5.74) is 6.72. The molecule has 0 radical (unpaired) electrons. The van der Waals surface area contributed by atoms with Gasteiger partial charge < -0.3 is 52.3 Å². The van der Waals surface area contributed by atoms with Crippen LogP contribution >= 0.6 is 0 Å². The van der Waals surface area contributed by atoms with Crippen molar-refractivity contribution in [1.29, 1.82) is 15.8 Å². The fourth-order valence-electron chi connectivity index (χ4n) is 11.9. The molecule has 6 heterocycles. The minimum Gasteiger partial charge on any atom is -0.496 e. The number of nitrogens with zero attached hydrogens (tertiary/aromatic N) is 9. The van der Waals surface area contributed by atoms with Gasteiger partial charge in [-0.05, 0) is 149 Å². The van der Waals surface area contributed by atoms with Gasteiger partial charge in [0.25, 0.3) is 30.4 Å². The van der Waals surface area contributed by atoms with Crippen LogP contribution in [0.25, 0.3) is 32.7 Å². The Labute approximate surface area is 534 Å². The van der Waals surface area contributed by atoms with Crippen molar-refractivity contribution in [1.82, 2.24) is 28.4 Å². The molecule has 4 unspecified atom stereocenters. The van der Waals surface area contributed by atoms with Gasteiger partial charge >= 0.3 is 12.2 Å². The first-order chi connectivity index (χ1) is 42.5. The van der Waals surface area contributed by atoms with Crippen molar-refractivity contribution in [2.45, 2.75) is 137 Å². The lowest BCUT2D eigenvalue weighted by Gasteiger charge is -2.35. The van der Waals surface area contributed by atoms with Crippen LogP contribution in [0.15, 0.2) is 54.6 Å². The summed E-state index contributed by atoms with van der Waals surface area (Å²) in [5.74, 6) is 3.13. The van der Waals surface area contributed by atoms with Crippen LogP contribution in [-0.4, -0.2) is 180 Å². The smallest absolute Gasteiger partial charge is 0.410 e. The number of aryl methyl sites for hydroxylation is 3. The number of nitriles is 3. The van der Waals surface area contributed by atoms with E-state index in [0.717, 1.165) is 111 Å². The number of hydrogen-bond donors (Lipinski definition) is 1. The lowest BCUT2D eigenvalue weighted by atomic mass is 10.1. The average Bonchev–Trinajstić information content (AvgIpc) is 1.97. The van der Waals surface area contributed by atoms with E-state index in [-0.39, 0.29) is 43.6 Å². The number of piperidine rings is 1. The lowest BCUT2D eigenvalue weighted by molar-refractivity contribution is 0.0126. The second kappa shape index (κ2) is 29.8. The van der Waals surface area contributed by atoms with E-state index < -0.39 is 36.0 Å². The molecule has 0 spiro atoms. The highest BCUT2D eigenvalue weighted by Gasteiger charge is 2.46. The molecule has 3 aliphatic heterocycles. The number of piperazine rings is 1. The Kier molecular flexibility index (Phi) is 23.7. The molecule has 4 atom stereocenters. The van der Waals surface area contributed by atoms with Gasteiger partial charge in [-0.3, -0.25) is 9.08 Å². The molecule has 2 amide bonds. The van der Waals surface area contributed by atoms with E-state index in [1.54, 1.807) is 32.0 Å². The Morgan fingerprint density at radius 3 is 1.25 bits per heavy atom. The molecule has 4 fully saturated rings. The number of methoxy groups -OCH3 is 3. The summed E-state index contributed by atoms with van der Waals surface area (Å²) in [7, 11) is -6.34. The van der Waals surface area contributed by atoms with Crippen molar-refractivity contribution in [3.05, 3.63) is 88.4 Å². The van der Waals surface area contributed by atoms with Crippen LogP contribution < -0.4 is 14.2 Å². The summed E-state index contributed by atoms with van der Waals surface area (Å²) >= 11 is 0. The van der Waals surface area contributed by atoms with Crippen molar-refractivity contribution in [2.24, 2.45) is 5.92 Å². The summed E-state index contributed by atoms with van der Waals surface area (Å²) in [6, 6.07) is 24.7. The van der Waals surface area contributed by atoms with Gasteiger partial charge in [-0.15, -0.1) is 3.63 Å². The first-order valence-corrected chi connectivity index (χ1v) is 34.9. The van der Waals surface area contributed by atoms with Crippen molar-refractivity contribution in [3.63, 3.8) is 0 Å². The summed E-state index contributed by atoms with van der Waals surface area (Å²) in [5, 5.41) is 40.0. The zero-order chi connectivity index (χ0) is 67.7. The molecule has 91 heavy (non-hydrogen) atoms. The van der Waals surface area contributed by atoms with E-state index in [2.05, 4.69) is 31.3 Å². The molecule has 3 saturated heterocycles. The van der Waals surface area contributed by atoms with Gasteiger partial charge in [0.05, 0.1) is 53.3 Å². The predicted molar refractivity (Wildman–Crippen MR) is 343 cm³/mol. The molecule has 3 aromatic carbocycles. The molecule has 28 heteroatoms. The van der Waals surface area contributed by atoms with Crippen molar-refractivity contribution in [2.75, 3.05) is 79.5 Å². The zero-order valence-corrected chi connectivity index (χ0v) is 57.0. The van der Waals surface area contributed by atoms with Gasteiger partial charge in [0.15, 0.2) is 0 Å². The second-order valence-corrected chi connectivity index (χ2v) is 29.7. The molecule has 1 aliphatic carbocycles. The SMILES string of the molecule is CC(C)(C)OC(=O)N1CC2CCC1C2.COc1ccc2c(cc(C#N)n2CCN2CC3CC2CN3C(=O)OC(C)(C)C)c1C.COc1ccc2c(cc(C#N)n2CCO)c1C.COc1ccc2c(cc(C#N)n2CCOS(C)(=O)=O)c1C.CS(=O)(=O)OS(C)(=O)=O. The summed E-state index contributed by atoms with van der Waals surface area (Å²) < 4.78 is 103. The Morgan fingerprint density at radius 1 is 0.538 bits per heavy atom. The maximum absolute atomic E-state index is 12.5. The molecule has 3 aromatic heterocycles. The molecule has 496 valence electrons. The van der Waals surface area contributed by atoms with E-state index in [1.165, 1.54) is 19.3 Å². The molecule has 1 saturated carbocycles. The van der Waals surface area contributed by atoms with Crippen LogP contribution in [0.1, 0.15) is 101 Å². The van der Waals surface area contributed by atoms with Crippen LogP contribution in [0.3, 0.4) is 0 Å². The summed E-state index contributed by atoms with van der Waals surface area (Å²) in [6.07, 6.45) is 6.65. The van der Waals surface area contributed by atoms with E-state index in [0.29, 0.717) is 54.8 Å². The average molecular weight is 1320 g/mol. The number of aliphatic hydroxyl groups is 1. The predicted octanol–water partition coefficient (Wildman–Crippen LogP) is 8.48. The number of carbonyl (C=O) groups is 2. The van der Waals surface area contributed by atoms with Crippen molar-refractivity contribution >= 4 is 75.2 Å². The third-order valence-electron chi connectivity index (χ3n) is 15.7. The number of benzene rings is 3. The summed E-state index contributed by atoms with van der Waals surface area (Å²) in [4.78, 5) is 30.4. The number of aliphatic hydroxyl groups excluding tert-OH is 1. The molecular formula is C63H85N9O16S3. The van der Waals surface area contributed by atoms with Gasteiger partial charge in [0.1, 0.15) is 63.7 Å². The normalized spacial score (nSPS) is 17.7. The maximum atomic E-state index is 12.5. The molecule has 25 nitrogen and oxygen atoms in total. The first-order valence-electron chi connectivity index (χ1n) is 29.5. The topological polar surface area (TPSA) is 317 Å². The Balaban J connectivity index is 0.000000191. The highest BCUT2D eigenvalue weighted by molar-refractivity contribution is 7.99. The monoisotopic (exact) mass is 1320 g/mol. The van der Waals surface area contributed by atoms with Crippen molar-refractivity contribution in [3.8, 4) is 35.5 Å². The highest BCUT2D eigenvalue weighted by atomic mass is 32.3. The first kappa shape index (κ1) is 72.4. The maximum Gasteiger partial charge on any atom is 0.410 e. The van der Waals surface area contributed by atoms with Crippen LogP contribution in [0.2, 0.25) is 0 Å². The summed E-state index contributed by atoms with van der Waals surface area (Å²) in [6.45, 7) is 22.2. The Hall–Kier alpha value is -7.62. The van der Waals surface area contributed by atoms with Gasteiger partial charge in [-0.2, -0.15) is 41.0 Å². The molecular weight excluding hydrogens is 1230 g/mol.